The minimum atomic E-state index is -1.07. The number of hydrogen-bond acceptors (Lipinski definition) is 3. The van der Waals surface area contributed by atoms with Crippen molar-refractivity contribution in [3.05, 3.63) is 66.2 Å². The first-order valence-corrected chi connectivity index (χ1v) is 7.89. The standard InChI is InChI=1S/C19H21NO4/c1-2-17(24-15-11-7-4-8-12-15)18(21)20-16(19(22)23)13-14-9-5-3-6-10-14/h3-12,16-17H,2,13H2,1H3,(H,20,21)(H,22,23)/t16-,17?/m0/s1. The molecule has 0 aromatic heterocycles. The third-order valence-corrected chi connectivity index (χ3v) is 3.58. The molecule has 24 heavy (non-hydrogen) atoms. The predicted octanol–water partition coefficient (Wildman–Crippen LogP) is 2.66. The third-order valence-electron chi connectivity index (χ3n) is 3.58. The van der Waals surface area contributed by atoms with E-state index in [0.29, 0.717) is 12.2 Å². The summed E-state index contributed by atoms with van der Waals surface area (Å²) < 4.78 is 5.65. The highest BCUT2D eigenvalue weighted by Gasteiger charge is 2.25. The average molecular weight is 327 g/mol. The van der Waals surface area contributed by atoms with E-state index in [1.807, 2.05) is 55.5 Å². The number of carboxylic acids is 1. The molecule has 0 aliphatic heterocycles. The van der Waals surface area contributed by atoms with Crippen LogP contribution in [0.4, 0.5) is 0 Å². The fraction of sp³-hybridized carbons (Fsp3) is 0.263. The fourth-order valence-corrected chi connectivity index (χ4v) is 2.30. The number of hydrogen-bond donors (Lipinski definition) is 2. The first-order chi connectivity index (χ1) is 11.6. The number of amides is 1. The van der Waals surface area contributed by atoms with Gasteiger partial charge in [0.15, 0.2) is 6.10 Å². The van der Waals surface area contributed by atoms with Crippen LogP contribution in [-0.4, -0.2) is 29.1 Å². The van der Waals surface area contributed by atoms with E-state index in [9.17, 15) is 14.7 Å². The van der Waals surface area contributed by atoms with Crippen molar-refractivity contribution in [1.29, 1.82) is 0 Å². The van der Waals surface area contributed by atoms with E-state index < -0.39 is 24.0 Å². The smallest absolute Gasteiger partial charge is 0.326 e. The van der Waals surface area contributed by atoms with Gasteiger partial charge in [-0.05, 0) is 24.1 Å². The molecular formula is C19H21NO4. The number of aliphatic carboxylic acids is 1. The van der Waals surface area contributed by atoms with Gasteiger partial charge in [-0.2, -0.15) is 0 Å². The maximum absolute atomic E-state index is 12.4. The molecule has 0 aliphatic rings. The van der Waals surface area contributed by atoms with Gasteiger partial charge in [0.25, 0.3) is 5.91 Å². The molecular weight excluding hydrogens is 306 g/mol. The van der Waals surface area contributed by atoms with Crippen LogP contribution in [0.1, 0.15) is 18.9 Å². The molecule has 0 fully saturated rings. The number of carbonyl (C=O) groups excluding carboxylic acids is 1. The predicted molar refractivity (Wildman–Crippen MR) is 90.9 cm³/mol. The zero-order chi connectivity index (χ0) is 17.4. The van der Waals surface area contributed by atoms with Crippen LogP contribution in [-0.2, 0) is 16.0 Å². The summed E-state index contributed by atoms with van der Waals surface area (Å²) in [5.41, 5.74) is 0.849. The number of ether oxygens (including phenoxy) is 1. The molecule has 2 aromatic carbocycles. The topological polar surface area (TPSA) is 75.6 Å². The van der Waals surface area contributed by atoms with Crippen LogP contribution in [0, 0.1) is 0 Å². The summed E-state index contributed by atoms with van der Waals surface area (Å²) in [6.45, 7) is 1.82. The molecule has 0 bridgehead atoms. The average Bonchev–Trinajstić information content (AvgIpc) is 2.60. The van der Waals surface area contributed by atoms with Gasteiger partial charge in [-0.1, -0.05) is 55.5 Å². The second-order valence-corrected chi connectivity index (χ2v) is 5.42. The zero-order valence-corrected chi connectivity index (χ0v) is 13.5. The van der Waals surface area contributed by atoms with Crippen LogP contribution in [0.25, 0.3) is 0 Å². The number of carbonyl (C=O) groups is 2. The SMILES string of the molecule is CCC(Oc1ccccc1)C(=O)N[C@@H](Cc1ccccc1)C(=O)O. The molecule has 126 valence electrons. The minimum Gasteiger partial charge on any atom is -0.481 e. The summed E-state index contributed by atoms with van der Waals surface area (Å²) in [4.78, 5) is 23.8. The zero-order valence-electron chi connectivity index (χ0n) is 13.5. The highest BCUT2D eigenvalue weighted by Crippen LogP contribution is 2.13. The van der Waals surface area contributed by atoms with Crippen molar-refractivity contribution in [1.82, 2.24) is 5.32 Å². The molecule has 0 heterocycles. The van der Waals surface area contributed by atoms with Crippen molar-refractivity contribution >= 4 is 11.9 Å². The van der Waals surface area contributed by atoms with Crippen molar-refractivity contribution in [2.24, 2.45) is 0 Å². The normalized spacial score (nSPS) is 12.9. The quantitative estimate of drug-likeness (QED) is 0.781. The largest absolute Gasteiger partial charge is 0.481 e. The molecule has 0 saturated heterocycles. The van der Waals surface area contributed by atoms with Gasteiger partial charge in [0, 0.05) is 6.42 Å². The van der Waals surface area contributed by atoms with Crippen LogP contribution in [0.2, 0.25) is 0 Å². The van der Waals surface area contributed by atoms with Gasteiger partial charge in [-0.25, -0.2) is 4.79 Å². The van der Waals surface area contributed by atoms with Crippen LogP contribution in [0.15, 0.2) is 60.7 Å². The number of nitrogens with one attached hydrogen (secondary N) is 1. The Balaban J connectivity index is 2.01. The molecule has 1 unspecified atom stereocenters. The summed E-state index contributed by atoms with van der Waals surface area (Å²) in [5, 5.41) is 11.9. The molecule has 0 radical (unpaired) electrons. The molecule has 1 amide bonds. The molecule has 5 nitrogen and oxygen atoms in total. The highest BCUT2D eigenvalue weighted by molar-refractivity contribution is 5.86. The molecule has 5 heteroatoms. The minimum absolute atomic E-state index is 0.226. The van der Waals surface area contributed by atoms with E-state index in [1.54, 1.807) is 12.1 Å². The third kappa shape index (κ3) is 5.12. The lowest BCUT2D eigenvalue weighted by Gasteiger charge is -2.20. The van der Waals surface area contributed by atoms with Crippen molar-refractivity contribution < 1.29 is 19.4 Å². The molecule has 2 rings (SSSR count). The van der Waals surface area contributed by atoms with Gasteiger partial charge < -0.3 is 15.2 Å². The van der Waals surface area contributed by atoms with Gasteiger partial charge in [0.2, 0.25) is 0 Å². The van der Waals surface area contributed by atoms with E-state index in [1.165, 1.54) is 0 Å². The van der Waals surface area contributed by atoms with Gasteiger partial charge in [-0.15, -0.1) is 0 Å². The van der Waals surface area contributed by atoms with Crippen LogP contribution in [0.5, 0.6) is 5.75 Å². The second kappa shape index (κ2) is 8.72. The number of benzene rings is 2. The lowest BCUT2D eigenvalue weighted by atomic mass is 10.1. The summed E-state index contributed by atoms with van der Waals surface area (Å²) in [6.07, 6.45) is -0.0627. The molecule has 2 atom stereocenters. The van der Waals surface area contributed by atoms with Crippen molar-refractivity contribution in [2.45, 2.75) is 31.9 Å². The molecule has 0 aliphatic carbocycles. The van der Waals surface area contributed by atoms with E-state index >= 15 is 0 Å². The summed E-state index contributed by atoms with van der Waals surface area (Å²) in [7, 11) is 0. The summed E-state index contributed by atoms with van der Waals surface area (Å²) >= 11 is 0. The molecule has 2 N–H and O–H groups in total. The van der Waals surface area contributed by atoms with Gasteiger partial charge in [-0.3, -0.25) is 4.79 Å². The van der Waals surface area contributed by atoms with Crippen molar-refractivity contribution in [2.75, 3.05) is 0 Å². The van der Waals surface area contributed by atoms with Crippen molar-refractivity contribution in [3.63, 3.8) is 0 Å². The lowest BCUT2D eigenvalue weighted by molar-refractivity contribution is -0.143. The van der Waals surface area contributed by atoms with Crippen molar-refractivity contribution in [3.8, 4) is 5.75 Å². The monoisotopic (exact) mass is 327 g/mol. The molecule has 0 saturated carbocycles. The van der Waals surface area contributed by atoms with E-state index in [4.69, 9.17) is 4.74 Å². The number of rotatable bonds is 8. The van der Waals surface area contributed by atoms with E-state index in [2.05, 4.69) is 5.32 Å². The summed E-state index contributed by atoms with van der Waals surface area (Å²) in [5.74, 6) is -0.916. The maximum atomic E-state index is 12.4. The van der Waals surface area contributed by atoms with Crippen LogP contribution < -0.4 is 10.1 Å². The molecule has 2 aromatic rings. The Kier molecular flexibility index (Phi) is 6.37. The van der Waals surface area contributed by atoms with E-state index in [0.717, 1.165) is 5.56 Å². The Labute approximate surface area is 141 Å². The molecule has 0 spiro atoms. The summed E-state index contributed by atoms with van der Waals surface area (Å²) in [6, 6.07) is 17.2. The fourth-order valence-electron chi connectivity index (χ4n) is 2.30. The Bertz CT molecular complexity index is 658. The van der Waals surface area contributed by atoms with Crippen LogP contribution >= 0.6 is 0 Å². The first kappa shape index (κ1) is 17.5. The number of carboxylic acid groups (broad SMARTS) is 1. The second-order valence-electron chi connectivity index (χ2n) is 5.42. The maximum Gasteiger partial charge on any atom is 0.326 e. The Morgan fingerprint density at radius 1 is 1.04 bits per heavy atom. The Morgan fingerprint density at radius 2 is 1.62 bits per heavy atom. The Hall–Kier alpha value is -2.82. The van der Waals surface area contributed by atoms with Crippen LogP contribution in [0.3, 0.4) is 0 Å². The van der Waals surface area contributed by atoms with Gasteiger partial charge in [0.05, 0.1) is 0 Å². The number of para-hydroxylation sites is 1. The first-order valence-electron chi connectivity index (χ1n) is 7.89. The highest BCUT2D eigenvalue weighted by atomic mass is 16.5. The van der Waals surface area contributed by atoms with Gasteiger partial charge >= 0.3 is 5.97 Å². The van der Waals surface area contributed by atoms with Gasteiger partial charge in [0.1, 0.15) is 11.8 Å². The lowest BCUT2D eigenvalue weighted by Crippen LogP contribution is -2.48. The Morgan fingerprint density at radius 3 is 2.17 bits per heavy atom. The van der Waals surface area contributed by atoms with E-state index in [-0.39, 0.29) is 6.42 Å².